The molecule has 13 heavy (non-hydrogen) atoms. The van der Waals surface area contributed by atoms with Crippen LogP contribution in [0.1, 0.15) is 52.4 Å². The number of carbonyl (C=O) groups is 1. The summed E-state index contributed by atoms with van der Waals surface area (Å²) in [6.45, 7) is 4.28. The van der Waals surface area contributed by atoms with Crippen LogP contribution in [-0.4, -0.2) is 5.91 Å². The minimum Gasteiger partial charge on any atom is -0.273 e. The van der Waals surface area contributed by atoms with Crippen LogP contribution in [0.4, 0.5) is 0 Å². The Morgan fingerprint density at radius 1 is 1.31 bits per heavy atom. The number of hydrogen-bond donors (Lipinski definition) is 0. The summed E-state index contributed by atoms with van der Waals surface area (Å²) in [6.07, 6.45) is 6.33. The topological polar surface area (TPSA) is 40.9 Å². The summed E-state index contributed by atoms with van der Waals surface area (Å²) >= 11 is 0. The molecule has 1 rings (SSSR count). The van der Waals surface area contributed by atoms with Gasteiger partial charge in [0.2, 0.25) is 5.91 Å². The second-order valence-corrected chi connectivity index (χ2v) is 4.77. The van der Waals surface area contributed by atoms with Crippen LogP contribution in [-0.2, 0) is 4.79 Å². The summed E-state index contributed by atoms with van der Waals surface area (Å²) in [5.41, 5.74) is 7.10. The third-order valence-electron chi connectivity index (χ3n) is 3.09. The van der Waals surface area contributed by atoms with Gasteiger partial charge in [-0.3, -0.25) is 10.5 Å². The summed E-state index contributed by atoms with van der Waals surface area (Å²) < 4.78 is 0. The van der Waals surface area contributed by atoms with Crippen LogP contribution in [0, 0.1) is 11.3 Å². The third-order valence-corrected chi connectivity index (χ3v) is 3.09. The van der Waals surface area contributed by atoms with E-state index in [1.807, 2.05) is 0 Å². The summed E-state index contributed by atoms with van der Waals surface area (Å²) in [5, 5.41) is 0. The lowest BCUT2D eigenvalue weighted by Crippen LogP contribution is -2.35. The van der Waals surface area contributed by atoms with Gasteiger partial charge in [0.25, 0.3) is 0 Å². The minimum atomic E-state index is -0.319. The van der Waals surface area contributed by atoms with E-state index < -0.39 is 0 Å². The maximum absolute atomic E-state index is 11.3. The Balaban J connectivity index is 2.67. The van der Waals surface area contributed by atoms with Gasteiger partial charge in [-0.05, 0) is 25.2 Å². The van der Waals surface area contributed by atoms with Crippen molar-refractivity contribution in [3.05, 3.63) is 0 Å². The standard InChI is InChI=1S/C11H20NO/c1-9(2)8-11(10(12)13)6-4-3-5-7-11/h9,12H,3-8H2,1-2H3. The number of rotatable bonds is 3. The monoisotopic (exact) mass is 182 g/mol. The van der Waals surface area contributed by atoms with Crippen molar-refractivity contribution in [1.82, 2.24) is 5.73 Å². The van der Waals surface area contributed by atoms with E-state index >= 15 is 0 Å². The quantitative estimate of drug-likeness (QED) is 0.661. The summed E-state index contributed by atoms with van der Waals surface area (Å²) in [6, 6.07) is 0. The molecule has 0 heterocycles. The molecule has 1 N–H and O–H groups in total. The Morgan fingerprint density at radius 2 is 1.85 bits per heavy atom. The van der Waals surface area contributed by atoms with Crippen LogP contribution < -0.4 is 5.73 Å². The number of amides is 1. The largest absolute Gasteiger partial charge is 0.273 e. The molecule has 0 bridgehead atoms. The minimum absolute atomic E-state index is 0.271. The van der Waals surface area contributed by atoms with Crippen molar-refractivity contribution in [3.8, 4) is 0 Å². The molecule has 1 saturated carbocycles. The first-order chi connectivity index (χ1) is 6.07. The second kappa shape index (κ2) is 4.12. The van der Waals surface area contributed by atoms with E-state index in [0.717, 1.165) is 32.1 Å². The second-order valence-electron chi connectivity index (χ2n) is 4.77. The zero-order valence-electron chi connectivity index (χ0n) is 8.73. The molecule has 0 unspecified atom stereocenters. The smallest absolute Gasteiger partial charge is 0.244 e. The van der Waals surface area contributed by atoms with E-state index in [4.69, 9.17) is 5.73 Å². The van der Waals surface area contributed by atoms with Crippen LogP contribution >= 0.6 is 0 Å². The first-order valence-corrected chi connectivity index (χ1v) is 5.33. The van der Waals surface area contributed by atoms with Crippen LogP contribution in [0.15, 0.2) is 0 Å². The highest BCUT2D eigenvalue weighted by Crippen LogP contribution is 2.41. The molecule has 75 valence electrons. The molecule has 0 aliphatic heterocycles. The fraction of sp³-hybridized carbons (Fsp3) is 0.909. The SMILES string of the molecule is CC(C)CC1(C([NH])=O)CCCCC1. The highest BCUT2D eigenvalue weighted by Gasteiger charge is 2.38. The Morgan fingerprint density at radius 3 is 2.23 bits per heavy atom. The van der Waals surface area contributed by atoms with Gasteiger partial charge in [-0.2, -0.15) is 0 Å². The maximum Gasteiger partial charge on any atom is 0.244 e. The van der Waals surface area contributed by atoms with Crippen LogP contribution in [0.25, 0.3) is 0 Å². The van der Waals surface area contributed by atoms with Crippen LogP contribution in [0.5, 0.6) is 0 Å². The lowest BCUT2D eigenvalue weighted by Gasteiger charge is -2.35. The average molecular weight is 182 g/mol. The highest BCUT2D eigenvalue weighted by atomic mass is 16.1. The van der Waals surface area contributed by atoms with Crippen molar-refractivity contribution < 1.29 is 4.79 Å². The average Bonchev–Trinajstić information content (AvgIpc) is 2.04. The van der Waals surface area contributed by atoms with Gasteiger partial charge in [-0.25, -0.2) is 0 Å². The summed E-state index contributed by atoms with van der Waals surface area (Å²) in [5.74, 6) is 0.216. The van der Waals surface area contributed by atoms with Gasteiger partial charge in [-0.1, -0.05) is 33.1 Å². The molecule has 1 amide bonds. The lowest BCUT2D eigenvalue weighted by molar-refractivity contribution is -0.131. The molecule has 0 aromatic rings. The van der Waals surface area contributed by atoms with Gasteiger partial charge in [0.1, 0.15) is 0 Å². The molecule has 1 radical (unpaired) electrons. The van der Waals surface area contributed by atoms with Crippen LogP contribution in [0.3, 0.4) is 0 Å². The van der Waals surface area contributed by atoms with Crippen molar-refractivity contribution in [2.75, 3.05) is 0 Å². The first kappa shape index (κ1) is 10.6. The molecular weight excluding hydrogens is 162 g/mol. The van der Waals surface area contributed by atoms with Gasteiger partial charge in [0.15, 0.2) is 0 Å². The maximum atomic E-state index is 11.3. The Kier molecular flexibility index (Phi) is 3.34. The molecule has 1 aliphatic rings. The molecular formula is C11H20NO. The summed E-state index contributed by atoms with van der Waals surface area (Å²) in [7, 11) is 0. The van der Waals surface area contributed by atoms with Crippen molar-refractivity contribution in [2.24, 2.45) is 11.3 Å². The molecule has 1 fully saturated rings. The molecule has 2 nitrogen and oxygen atoms in total. The van der Waals surface area contributed by atoms with Gasteiger partial charge >= 0.3 is 0 Å². The Bertz CT molecular complexity index is 181. The van der Waals surface area contributed by atoms with Crippen molar-refractivity contribution >= 4 is 5.91 Å². The van der Waals surface area contributed by atoms with E-state index in [1.165, 1.54) is 6.42 Å². The zero-order valence-corrected chi connectivity index (χ0v) is 8.73. The zero-order chi connectivity index (χ0) is 9.90. The Labute approximate surface area is 80.9 Å². The van der Waals surface area contributed by atoms with E-state index in [0.29, 0.717) is 5.92 Å². The number of nitrogens with one attached hydrogen (secondary N) is 1. The molecule has 1 aliphatic carbocycles. The fourth-order valence-electron chi connectivity index (χ4n) is 2.53. The van der Waals surface area contributed by atoms with Crippen LogP contribution in [0.2, 0.25) is 0 Å². The van der Waals surface area contributed by atoms with E-state index in [9.17, 15) is 4.79 Å². The van der Waals surface area contributed by atoms with E-state index in [1.54, 1.807) is 0 Å². The summed E-state index contributed by atoms with van der Waals surface area (Å²) in [4.78, 5) is 11.3. The molecule has 0 atom stereocenters. The molecule has 0 spiro atoms. The molecule has 0 saturated heterocycles. The lowest BCUT2D eigenvalue weighted by atomic mass is 9.69. The first-order valence-electron chi connectivity index (χ1n) is 5.33. The molecule has 0 aromatic carbocycles. The predicted octanol–water partition coefficient (Wildman–Crippen LogP) is 2.79. The number of hydrogen-bond acceptors (Lipinski definition) is 1. The van der Waals surface area contributed by atoms with Crippen molar-refractivity contribution in [3.63, 3.8) is 0 Å². The Hall–Kier alpha value is -0.530. The number of carbonyl (C=O) groups excluding carboxylic acids is 1. The predicted molar refractivity (Wildman–Crippen MR) is 53.1 cm³/mol. The fourth-order valence-corrected chi connectivity index (χ4v) is 2.53. The normalized spacial score (nSPS) is 21.8. The molecule has 0 aromatic heterocycles. The van der Waals surface area contributed by atoms with Gasteiger partial charge in [0, 0.05) is 0 Å². The van der Waals surface area contributed by atoms with Gasteiger partial charge in [0.05, 0.1) is 5.41 Å². The third kappa shape index (κ3) is 2.45. The molecule has 2 heteroatoms. The van der Waals surface area contributed by atoms with Crippen molar-refractivity contribution in [1.29, 1.82) is 0 Å². The van der Waals surface area contributed by atoms with Crippen molar-refractivity contribution in [2.45, 2.75) is 52.4 Å². The van der Waals surface area contributed by atoms with Gasteiger partial charge < -0.3 is 0 Å². The van der Waals surface area contributed by atoms with Gasteiger partial charge in [-0.15, -0.1) is 0 Å². The van der Waals surface area contributed by atoms with E-state index in [-0.39, 0.29) is 11.3 Å². The highest BCUT2D eigenvalue weighted by molar-refractivity contribution is 5.80. The van der Waals surface area contributed by atoms with E-state index in [2.05, 4.69) is 13.8 Å².